The number of rotatable bonds is 11. The average Bonchev–Trinajstić information content (AvgIpc) is 2.58. The quantitative estimate of drug-likeness (QED) is 0.556. The molecule has 0 spiro atoms. The molecular weight excluding hydrogens is 396 g/mol. The fourth-order valence-corrected chi connectivity index (χ4v) is 3.80. The van der Waals surface area contributed by atoms with E-state index in [9.17, 15) is 18.0 Å². The predicted molar refractivity (Wildman–Crippen MR) is 112 cm³/mol. The van der Waals surface area contributed by atoms with E-state index in [2.05, 4.69) is 10.6 Å². The van der Waals surface area contributed by atoms with E-state index in [1.807, 2.05) is 20.8 Å². The molecule has 0 radical (unpaired) electrons. The maximum absolute atomic E-state index is 12.8. The van der Waals surface area contributed by atoms with E-state index in [-0.39, 0.29) is 17.6 Å². The monoisotopic (exact) mass is 428 g/mol. The lowest BCUT2D eigenvalue weighted by atomic mass is 10.0. The van der Waals surface area contributed by atoms with Gasteiger partial charge in [0.05, 0.1) is 25.5 Å². The van der Waals surface area contributed by atoms with Crippen LogP contribution in [0.4, 0.5) is 0 Å². The van der Waals surface area contributed by atoms with E-state index in [0.717, 1.165) is 6.26 Å². The number of hydrogen-bond acceptors (Lipinski definition) is 6. The van der Waals surface area contributed by atoms with Crippen molar-refractivity contribution in [3.8, 4) is 11.5 Å². The van der Waals surface area contributed by atoms with Gasteiger partial charge in [0.2, 0.25) is 11.8 Å². The van der Waals surface area contributed by atoms with Crippen molar-refractivity contribution in [3.63, 3.8) is 0 Å². The molecule has 0 saturated carbocycles. The first-order valence-electron chi connectivity index (χ1n) is 9.52. The fraction of sp³-hybridized carbons (Fsp3) is 0.600. The summed E-state index contributed by atoms with van der Waals surface area (Å²) in [5, 5.41) is 5.41. The zero-order valence-corrected chi connectivity index (χ0v) is 18.8. The third-order valence-electron chi connectivity index (χ3n) is 4.08. The molecule has 1 rings (SSSR count). The highest BCUT2D eigenvalue weighted by Gasteiger charge is 2.26. The Morgan fingerprint density at radius 2 is 1.79 bits per heavy atom. The van der Waals surface area contributed by atoms with Crippen LogP contribution in [0.2, 0.25) is 0 Å². The maximum Gasteiger partial charge on any atom is 0.243 e. The number of benzene rings is 1. The maximum atomic E-state index is 12.8. The van der Waals surface area contributed by atoms with Crippen LogP contribution in [0.15, 0.2) is 18.2 Å². The van der Waals surface area contributed by atoms with E-state index < -0.39 is 27.8 Å². The van der Waals surface area contributed by atoms with Gasteiger partial charge >= 0.3 is 0 Å². The first kappa shape index (κ1) is 24.7. The smallest absolute Gasteiger partial charge is 0.243 e. The van der Waals surface area contributed by atoms with Crippen LogP contribution in [-0.2, 0) is 19.4 Å². The second-order valence-electron chi connectivity index (χ2n) is 7.38. The van der Waals surface area contributed by atoms with Crippen LogP contribution in [0.1, 0.15) is 45.7 Å². The lowest BCUT2D eigenvalue weighted by molar-refractivity contribution is -0.128. The van der Waals surface area contributed by atoms with Crippen LogP contribution < -0.4 is 20.1 Å². The lowest BCUT2D eigenvalue weighted by Gasteiger charge is -2.24. The molecule has 2 atom stereocenters. The molecule has 0 aromatic heterocycles. The molecule has 2 N–H and O–H groups in total. The van der Waals surface area contributed by atoms with Crippen LogP contribution in [0.3, 0.4) is 0 Å². The molecule has 0 fully saturated rings. The summed E-state index contributed by atoms with van der Waals surface area (Å²) in [6.07, 6.45) is 1.54. The Hall–Kier alpha value is -2.29. The summed E-state index contributed by atoms with van der Waals surface area (Å²) in [5.74, 6) is 0.0867. The largest absolute Gasteiger partial charge is 0.493 e. The number of sulfone groups is 1. The summed E-state index contributed by atoms with van der Waals surface area (Å²) in [5.41, 5.74) is 0.569. The fourth-order valence-electron chi connectivity index (χ4n) is 2.92. The molecule has 0 bridgehead atoms. The van der Waals surface area contributed by atoms with Gasteiger partial charge in [0.15, 0.2) is 11.5 Å². The summed E-state index contributed by atoms with van der Waals surface area (Å²) >= 11 is 0. The van der Waals surface area contributed by atoms with Gasteiger partial charge in [-0.2, -0.15) is 0 Å². The Morgan fingerprint density at radius 3 is 2.28 bits per heavy atom. The summed E-state index contributed by atoms with van der Waals surface area (Å²) in [6, 6.07) is 3.47. The Labute approximate surface area is 173 Å². The van der Waals surface area contributed by atoms with Crippen LogP contribution >= 0.6 is 0 Å². The van der Waals surface area contributed by atoms with Crippen LogP contribution in [-0.4, -0.2) is 52.0 Å². The van der Waals surface area contributed by atoms with Crippen molar-refractivity contribution in [1.29, 1.82) is 0 Å². The van der Waals surface area contributed by atoms with Crippen molar-refractivity contribution in [3.05, 3.63) is 23.8 Å². The van der Waals surface area contributed by atoms with Crippen molar-refractivity contribution in [2.24, 2.45) is 5.92 Å². The van der Waals surface area contributed by atoms with Gasteiger partial charge < -0.3 is 20.1 Å². The highest BCUT2D eigenvalue weighted by Crippen LogP contribution is 2.31. The van der Waals surface area contributed by atoms with Gasteiger partial charge in [-0.1, -0.05) is 19.9 Å². The number of carbonyl (C=O) groups is 2. The molecule has 0 aliphatic rings. The van der Waals surface area contributed by atoms with Gasteiger partial charge in [-0.15, -0.1) is 0 Å². The first-order chi connectivity index (χ1) is 13.5. The molecule has 29 heavy (non-hydrogen) atoms. The van der Waals surface area contributed by atoms with Crippen LogP contribution in [0.5, 0.6) is 11.5 Å². The van der Waals surface area contributed by atoms with E-state index in [1.54, 1.807) is 18.2 Å². The first-order valence-corrected chi connectivity index (χ1v) is 11.6. The second kappa shape index (κ2) is 11.0. The molecule has 0 aliphatic heterocycles. The SMILES string of the molecule is CCOc1cc([C@H](CS(C)(=O)=O)NC(=O)[C@H](CC(C)C)NC(C)=O)ccc1OC. The number of nitrogens with one attached hydrogen (secondary N) is 2. The van der Waals surface area contributed by atoms with Gasteiger partial charge in [-0.3, -0.25) is 9.59 Å². The highest BCUT2D eigenvalue weighted by atomic mass is 32.2. The molecule has 164 valence electrons. The molecule has 0 heterocycles. The molecular formula is C20H32N2O6S. The van der Waals surface area contributed by atoms with Crippen LogP contribution in [0, 0.1) is 5.92 Å². The topological polar surface area (TPSA) is 111 Å². The summed E-state index contributed by atoms with van der Waals surface area (Å²) in [4.78, 5) is 24.3. The van der Waals surface area contributed by atoms with Crippen molar-refractivity contribution in [1.82, 2.24) is 10.6 Å². The Bertz CT molecular complexity index is 807. The van der Waals surface area contributed by atoms with E-state index in [0.29, 0.717) is 30.1 Å². The van der Waals surface area contributed by atoms with Gasteiger partial charge in [-0.25, -0.2) is 8.42 Å². The van der Waals surface area contributed by atoms with Gasteiger partial charge in [0, 0.05) is 13.2 Å². The normalized spacial score (nSPS) is 13.5. The standard InChI is InChI=1S/C20H32N2O6S/c1-7-28-19-11-15(8-9-18(19)27-5)17(12-29(6,25)26)22-20(24)16(10-13(2)3)21-14(4)23/h8-9,11,13,16-17H,7,10,12H2,1-6H3,(H,21,23)(H,22,24)/t16-,17-/m0/s1. The van der Waals surface area contributed by atoms with E-state index >= 15 is 0 Å². The zero-order chi connectivity index (χ0) is 22.2. The highest BCUT2D eigenvalue weighted by molar-refractivity contribution is 7.90. The molecule has 1 aromatic rings. The predicted octanol–water partition coefficient (Wildman–Crippen LogP) is 1.85. The van der Waals surface area contributed by atoms with Gasteiger partial charge in [0.25, 0.3) is 0 Å². The molecule has 0 saturated heterocycles. The lowest BCUT2D eigenvalue weighted by Crippen LogP contribution is -2.48. The van der Waals surface area contributed by atoms with Gasteiger partial charge in [0.1, 0.15) is 15.9 Å². The van der Waals surface area contributed by atoms with Crippen molar-refractivity contribution < 1.29 is 27.5 Å². The molecule has 9 heteroatoms. The van der Waals surface area contributed by atoms with E-state index in [1.165, 1.54) is 14.0 Å². The van der Waals surface area contributed by atoms with Gasteiger partial charge in [-0.05, 0) is 37.0 Å². The summed E-state index contributed by atoms with van der Waals surface area (Å²) < 4.78 is 34.8. The minimum Gasteiger partial charge on any atom is -0.493 e. The number of amides is 2. The Morgan fingerprint density at radius 1 is 1.14 bits per heavy atom. The molecule has 0 aliphatic carbocycles. The molecule has 1 aromatic carbocycles. The minimum absolute atomic E-state index is 0.163. The second-order valence-corrected chi connectivity index (χ2v) is 9.56. The Kier molecular flexibility index (Phi) is 9.42. The third kappa shape index (κ3) is 8.72. The summed E-state index contributed by atoms with van der Waals surface area (Å²) in [7, 11) is -1.89. The van der Waals surface area contributed by atoms with Crippen molar-refractivity contribution >= 4 is 21.7 Å². The molecule has 2 amide bonds. The minimum atomic E-state index is -3.40. The molecule has 0 unspecified atom stereocenters. The average molecular weight is 429 g/mol. The van der Waals surface area contributed by atoms with Crippen LogP contribution in [0.25, 0.3) is 0 Å². The number of carbonyl (C=O) groups excluding carboxylic acids is 2. The number of ether oxygens (including phenoxy) is 2. The van der Waals surface area contributed by atoms with Crippen molar-refractivity contribution in [2.75, 3.05) is 25.7 Å². The molecule has 8 nitrogen and oxygen atoms in total. The third-order valence-corrected chi connectivity index (χ3v) is 5.02. The summed E-state index contributed by atoms with van der Waals surface area (Å²) in [6.45, 7) is 7.45. The number of hydrogen-bond donors (Lipinski definition) is 2. The van der Waals surface area contributed by atoms with Crippen molar-refractivity contribution in [2.45, 2.75) is 46.2 Å². The zero-order valence-electron chi connectivity index (χ0n) is 17.9. The Balaban J connectivity index is 3.23. The van der Waals surface area contributed by atoms with E-state index in [4.69, 9.17) is 9.47 Å². The number of methoxy groups -OCH3 is 1.